The summed E-state index contributed by atoms with van der Waals surface area (Å²) in [5, 5.41) is 3.70. The fourth-order valence-corrected chi connectivity index (χ4v) is 3.49. The number of nitrogens with two attached hydrogens (primary N) is 1. The highest BCUT2D eigenvalue weighted by Gasteiger charge is 2.14. The smallest absolute Gasteiger partial charge is 0.180 e. The van der Waals surface area contributed by atoms with Gasteiger partial charge in [-0.1, -0.05) is 30.3 Å². The fraction of sp³-hybridized carbons (Fsp3) is 0.105. The number of methoxy groups -OCH3 is 1. The number of hydrogen-bond acceptors (Lipinski definition) is 4. The second-order valence-corrected chi connectivity index (χ2v) is 6.50. The molecule has 4 nitrogen and oxygen atoms in total. The topological polar surface area (TPSA) is 53.1 Å². The van der Waals surface area contributed by atoms with E-state index < -0.39 is 0 Å². The van der Waals surface area contributed by atoms with Gasteiger partial charge in [-0.05, 0) is 23.8 Å². The maximum Gasteiger partial charge on any atom is 0.180 e. The van der Waals surface area contributed by atoms with Crippen LogP contribution >= 0.6 is 11.3 Å². The second kappa shape index (κ2) is 6.02. The largest absolute Gasteiger partial charge is 0.497 e. The molecular weight excluding hydrogens is 318 g/mol. The van der Waals surface area contributed by atoms with Gasteiger partial charge in [-0.3, -0.25) is 0 Å². The molecule has 5 heteroatoms. The quantitative estimate of drug-likeness (QED) is 0.601. The van der Waals surface area contributed by atoms with Crippen molar-refractivity contribution in [3.8, 4) is 17.0 Å². The summed E-state index contributed by atoms with van der Waals surface area (Å²) < 4.78 is 7.64. The van der Waals surface area contributed by atoms with Gasteiger partial charge in [0.05, 0.1) is 12.8 Å². The van der Waals surface area contributed by atoms with Gasteiger partial charge in [-0.25, -0.2) is 4.98 Å². The number of nitrogen functional groups attached to an aromatic ring is 1. The molecule has 0 unspecified atom stereocenters. The normalized spacial score (nSPS) is 11.0. The molecule has 4 aromatic rings. The zero-order valence-corrected chi connectivity index (χ0v) is 14.1. The van der Waals surface area contributed by atoms with E-state index in [0.29, 0.717) is 5.13 Å². The van der Waals surface area contributed by atoms with Gasteiger partial charge >= 0.3 is 0 Å². The van der Waals surface area contributed by atoms with Crippen molar-refractivity contribution in [3.63, 3.8) is 0 Å². The summed E-state index contributed by atoms with van der Waals surface area (Å²) in [7, 11) is 1.68. The van der Waals surface area contributed by atoms with Crippen LogP contribution in [0.3, 0.4) is 0 Å². The average Bonchev–Trinajstić information content (AvgIpc) is 3.19. The number of ether oxygens (including phenoxy) is 1. The summed E-state index contributed by atoms with van der Waals surface area (Å²) in [6.45, 7) is 0.809. The predicted octanol–water partition coefficient (Wildman–Crippen LogP) is 4.40. The fourth-order valence-electron chi connectivity index (χ4n) is 2.93. The molecular formula is C19H17N3OS. The minimum Gasteiger partial charge on any atom is -0.497 e. The number of thiazole rings is 1. The van der Waals surface area contributed by atoms with Gasteiger partial charge in [0, 0.05) is 34.6 Å². The van der Waals surface area contributed by atoms with E-state index in [1.807, 2.05) is 17.5 Å². The van der Waals surface area contributed by atoms with Crippen molar-refractivity contribution in [1.82, 2.24) is 9.55 Å². The zero-order chi connectivity index (χ0) is 16.5. The Labute approximate surface area is 144 Å². The standard InChI is InChI=1S/C19H17N3OS/c1-23-14-7-8-18-15(9-14)16(17-12-24-19(20)21-17)11-22(18)10-13-5-3-2-4-6-13/h2-9,11-12H,10H2,1H3,(H2,20,21). The molecule has 0 spiro atoms. The van der Waals surface area contributed by atoms with Crippen LogP contribution in [0.15, 0.2) is 60.1 Å². The third kappa shape index (κ3) is 2.63. The maximum atomic E-state index is 5.82. The first-order valence-electron chi connectivity index (χ1n) is 7.67. The molecule has 0 aliphatic carbocycles. The Morgan fingerprint density at radius 2 is 2.00 bits per heavy atom. The summed E-state index contributed by atoms with van der Waals surface area (Å²) >= 11 is 1.46. The molecule has 0 fully saturated rings. The van der Waals surface area contributed by atoms with E-state index in [9.17, 15) is 0 Å². The summed E-state index contributed by atoms with van der Waals surface area (Å²) in [4.78, 5) is 4.45. The first kappa shape index (κ1) is 14.8. The lowest BCUT2D eigenvalue weighted by molar-refractivity contribution is 0.415. The second-order valence-electron chi connectivity index (χ2n) is 5.61. The highest BCUT2D eigenvalue weighted by Crippen LogP contribution is 2.34. The van der Waals surface area contributed by atoms with E-state index in [1.165, 1.54) is 16.9 Å². The van der Waals surface area contributed by atoms with E-state index in [-0.39, 0.29) is 0 Å². The Morgan fingerprint density at radius 1 is 1.17 bits per heavy atom. The van der Waals surface area contributed by atoms with Crippen molar-refractivity contribution in [1.29, 1.82) is 0 Å². The molecule has 2 aromatic heterocycles. The molecule has 4 rings (SSSR count). The van der Waals surface area contributed by atoms with Gasteiger partial charge in [0.25, 0.3) is 0 Å². The van der Waals surface area contributed by atoms with Gasteiger partial charge in [-0.15, -0.1) is 11.3 Å². The monoisotopic (exact) mass is 335 g/mol. The molecule has 0 saturated heterocycles. The molecule has 0 amide bonds. The van der Waals surface area contributed by atoms with Crippen molar-refractivity contribution < 1.29 is 4.74 Å². The van der Waals surface area contributed by atoms with Gasteiger partial charge in [0.2, 0.25) is 0 Å². The first-order valence-corrected chi connectivity index (χ1v) is 8.55. The molecule has 24 heavy (non-hydrogen) atoms. The number of fused-ring (bicyclic) bond motifs is 1. The van der Waals surface area contributed by atoms with Crippen LogP contribution in [0, 0.1) is 0 Å². The zero-order valence-electron chi connectivity index (χ0n) is 13.3. The Kier molecular flexibility index (Phi) is 3.70. The van der Waals surface area contributed by atoms with E-state index in [1.54, 1.807) is 7.11 Å². The van der Waals surface area contributed by atoms with Crippen LogP contribution in [0.1, 0.15) is 5.56 Å². The molecule has 0 bridgehead atoms. The SMILES string of the molecule is COc1ccc2c(c1)c(-c1csc(N)n1)cn2Cc1ccccc1. The highest BCUT2D eigenvalue weighted by molar-refractivity contribution is 7.13. The van der Waals surface area contributed by atoms with E-state index in [0.717, 1.165) is 34.5 Å². The Hall–Kier alpha value is -2.79. The molecule has 0 aliphatic heterocycles. The van der Waals surface area contributed by atoms with Crippen molar-refractivity contribution in [2.24, 2.45) is 0 Å². The molecule has 120 valence electrons. The molecule has 0 aliphatic rings. The van der Waals surface area contributed by atoms with E-state index >= 15 is 0 Å². The van der Waals surface area contributed by atoms with E-state index in [2.05, 4.69) is 52.1 Å². The number of nitrogens with zero attached hydrogens (tertiary/aromatic N) is 2. The van der Waals surface area contributed by atoms with Crippen molar-refractivity contribution in [3.05, 3.63) is 65.7 Å². The number of anilines is 1. The Morgan fingerprint density at radius 3 is 2.71 bits per heavy atom. The van der Waals surface area contributed by atoms with Crippen LogP contribution in [0.4, 0.5) is 5.13 Å². The summed E-state index contributed by atoms with van der Waals surface area (Å²) in [6, 6.07) is 16.6. The van der Waals surface area contributed by atoms with Crippen molar-refractivity contribution in [2.75, 3.05) is 12.8 Å². The summed E-state index contributed by atoms with van der Waals surface area (Å²) in [6.07, 6.45) is 2.14. The van der Waals surface area contributed by atoms with Crippen LogP contribution in [-0.4, -0.2) is 16.7 Å². The number of rotatable bonds is 4. The lowest BCUT2D eigenvalue weighted by Crippen LogP contribution is -1.97. The summed E-state index contributed by atoms with van der Waals surface area (Å²) in [5.74, 6) is 0.837. The molecule has 2 heterocycles. The minimum atomic E-state index is 0.580. The number of benzene rings is 2. The van der Waals surface area contributed by atoms with Crippen molar-refractivity contribution in [2.45, 2.75) is 6.54 Å². The molecule has 2 aromatic carbocycles. The molecule has 0 atom stereocenters. The van der Waals surface area contributed by atoms with Crippen LogP contribution in [0.5, 0.6) is 5.75 Å². The highest BCUT2D eigenvalue weighted by atomic mass is 32.1. The number of aromatic nitrogens is 2. The lowest BCUT2D eigenvalue weighted by atomic mass is 10.1. The summed E-state index contributed by atoms with van der Waals surface area (Å²) in [5.41, 5.74) is 10.2. The number of hydrogen-bond donors (Lipinski definition) is 1. The first-order chi connectivity index (χ1) is 11.7. The molecule has 0 radical (unpaired) electrons. The van der Waals surface area contributed by atoms with Crippen LogP contribution in [0.2, 0.25) is 0 Å². The maximum absolute atomic E-state index is 5.82. The van der Waals surface area contributed by atoms with Gasteiger partial charge < -0.3 is 15.0 Å². The van der Waals surface area contributed by atoms with E-state index in [4.69, 9.17) is 10.5 Å². The van der Waals surface area contributed by atoms with Gasteiger partial charge in [0.15, 0.2) is 5.13 Å². The van der Waals surface area contributed by atoms with Gasteiger partial charge in [-0.2, -0.15) is 0 Å². The minimum absolute atomic E-state index is 0.580. The lowest BCUT2D eigenvalue weighted by Gasteiger charge is -2.06. The molecule has 0 saturated carbocycles. The van der Waals surface area contributed by atoms with Crippen LogP contribution in [-0.2, 0) is 6.54 Å². The third-order valence-electron chi connectivity index (χ3n) is 4.08. The van der Waals surface area contributed by atoms with Gasteiger partial charge in [0.1, 0.15) is 5.75 Å². The predicted molar refractivity (Wildman–Crippen MR) is 99.6 cm³/mol. The third-order valence-corrected chi connectivity index (χ3v) is 4.76. The van der Waals surface area contributed by atoms with Crippen molar-refractivity contribution >= 4 is 27.4 Å². The molecule has 2 N–H and O–H groups in total. The Bertz CT molecular complexity index is 988. The average molecular weight is 335 g/mol. The van der Waals surface area contributed by atoms with Crippen LogP contribution < -0.4 is 10.5 Å². The Balaban J connectivity index is 1.88. The van der Waals surface area contributed by atoms with Crippen LogP contribution in [0.25, 0.3) is 22.2 Å².